The Morgan fingerprint density at radius 3 is 2.83 bits per heavy atom. The van der Waals surface area contributed by atoms with Gasteiger partial charge < -0.3 is 9.26 Å². The maximum Gasteiger partial charge on any atom is 0.231 e. The van der Waals surface area contributed by atoms with Crippen molar-refractivity contribution in [3.8, 4) is 17.1 Å². The van der Waals surface area contributed by atoms with E-state index < -0.39 is 0 Å². The molecule has 3 heterocycles. The van der Waals surface area contributed by atoms with Crippen LogP contribution in [0.25, 0.3) is 22.3 Å². The van der Waals surface area contributed by atoms with E-state index in [2.05, 4.69) is 41.2 Å². The van der Waals surface area contributed by atoms with Crippen LogP contribution in [0.1, 0.15) is 29.5 Å². The van der Waals surface area contributed by atoms with Gasteiger partial charge in [-0.25, -0.2) is 4.98 Å². The SMILES string of the molecule is COc1cccc2ccc(CN3CCC(c4nc(-c5ccccc5C)no4)C3)nc12. The summed E-state index contributed by atoms with van der Waals surface area (Å²) in [4.78, 5) is 11.9. The van der Waals surface area contributed by atoms with Crippen molar-refractivity contribution in [3.05, 3.63) is 71.7 Å². The van der Waals surface area contributed by atoms with Gasteiger partial charge in [-0.3, -0.25) is 4.90 Å². The van der Waals surface area contributed by atoms with E-state index in [1.165, 1.54) is 0 Å². The van der Waals surface area contributed by atoms with E-state index in [9.17, 15) is 0 Å². The standard InChI is InChI=1S/C24H24N4O2/c1-16-6-3-4-8-20(16)23-26-24(30-27-23)18-12-13-28(14-18)15-19-11-10-17-7-5-9-21(29-2)22(17)25-19/h3-11,18H,12-15H2,1-2H3. The molecule has 5 rings (SSSR count). The van der Waals surface area contributed by atoms with Gasteiger partial charge in [0, 0.05) is 24.0 Å². The van der Waals surface area contributed by atoms with Crippen molar-refractivity contribution in [1.82, 2.24) is 20.0 Å². The average Bonchev–Trinajstić information content (AvgIpc) is 3.43. The van der Waals surface area contributed by atoms with Crippen molar-refractivity contribution in [2.45, 2.75) is 25.8 Å². The van der Waals surface area contributed by atoms with Crippen LogP contribution in [0, 0.1) is 6.92 Å². The molecule has 0 aliphatic carbocycles. The Kier molecular flexibility index (Phi) is 4.93. The largest absolute Gasteiger partial charge is 0.494 e. The summed E-state index contributed by atoms with van der Waals surface area (Å²) in [6.45, 7) is 4.73. The van der Waals surface area contributed by atoms with Crippen molar-refractivity contribution >= 4 is 10.9 Å². The van der Waals surface area contributed by atoms with Gasteiger partial charge >= 0.3 is 0 Å². The predicted octanol–water partition coefficient (Wildman–Crippen LogP) is 4.59. The van der Waals surface area contributed by atoms with Crippen LogP contribution in [0.15, 0.2) is 59.1 Å². The molecule has 1 saturated heterocycles. The van der Waals surface area contributed by atoms with Gasteiger partial charge in [-0.05, 0) is 37.6 Å². The van der Waals surface area contributed by atoms with Gasteiger partial charge in [-0.2, -0.15) is 4.98 Å². The van der Waals surface area contributed by atoms with Crippen molar-refractivity contribution in [1.29, 1.82) is 0 Å². The summed E-state index contributed by atoms with van der Waals surface area (Å²) < 4.78 is 11.1. The molecule has 0 N–H and O–H groups in total. The third kappa shape index (κ3) is 3.55. The highest BCUT2D eigenvalue weighted by Crippen LogP contribution is 2.30. The highest BCUT2D eigenvalue weighted by atomic mass is 16.5. The number of hydrogen-bond acceptors (Lipinski definition) is 6. The topological polar surface area (TPSA) is 64.3 Å². The average molecular weight is 400 g/mol. The van der Waals surface area contributed by atoms with Crippen LogP contribution in [0.3, 0.4) is 0 Å². The van der Waals surface area contributed by atoms with E-state index in [0.717, 1.165) is 65.4 Å². The summed E-state index contributed by atoms with van der Waals surface area (Å²) >= 11 is 0. The van der Waals surface area contributed by atoms with E-state index >= 15 is 0 Å². The van der Waals surface area contributed by atoms with Crippen molar-refractivity contribution in [2.24, 2.45) is 0 Å². The zero-order valence-corrected chi connectivity index (χ0v) is 17.2. The van der Waals surface area contributed by atoms with Crippen LogP contribution in [0.5, 0.6) is 5.75 Å². The van der Waals surface area contributed by atoms with Gasteiger partial charge in [-0.15, -0.1) is 0 Å². The molecule has 1 aliphatic heterocycles. The van der Waals surface area contributed by atoms with Crippen LogP contribution in [-0.2, 0) is 6.54 Å². The lowest BCUT2D eigenvalue weighted by Crippen LogP contribution is -2.20. The summed E-state index contributed by atoms with van der Waals surface area (Å²) in [5.74, 6) is 2.46. The van der Waals surface area contributed by atoms with E-state index in [1.807, 2.05) is 30.3 Å². The van der Waals surface area contributed by atoms with E-state index in [-0.39, 0.29) is 5.92 Å². The Morgan fingerprint density at radius 1 is 1.07 bits per heavy atom. The number of hydrogen-bond donors (Lipinski definition) is 0. The van der Waals surface area contributed by atoms with Gasteiger partial charge in [0.2, 0.25) is 11.7 Å². The lowest BCUT2D eigenvalue weighted by atomic mass is 10.1. The van der Waals surface area contributed by atoms with Gasteiger partial charge in [-0.1, -0.05) is 47.6 Å². The second-order valence-corrected chi connectivity index (χ2v) is 7.83. The minimum Gasteiger partial charge on any atom is -0.494 e. The summed E-state index contributed by atoms with van der Waals surface area (Å²) in [5.41, 5.74) is 4.12. The molecule has 0 saturated carbocycles. The number of methoxy groups -OCH3 is 1. The normalized spacial score (nSPS) is 16.9. The number of nitrogens with zero attached hydrogens (tertiary/aromatic N) is 4. The molecule has 0 spiro atoms. The Balaban J connectivity index is 1.30. The van der Waals surface area contributed by atoms with Crippen LogP contribution >= 0.6 is 0 Å². The Morgan fingerprint density at radius 2 is 1.97 bits per heavy atom. The highest BCUT2D eigenvalue weighted by molar-refractivity contribution is 5.84. The summed E-state index contributed by atoms with van der Waals surface area (Å²) in [5, 5.41) is 5.31. The fraction of sp³-hybridized carbons (Fsp3) is 0.292. The minimum absolute atomic E-state index is 0.255. The molecule has 1 unspecified atom stereocenters. The van der Waals surface area contributed by atoms with Gasteiger partial charge in [0.25, 0.3) is 0 Å². The second-order valence-electron chi connectivity index (χ2n) is 7.83. The zero-order valence-electron chi connectivity index (χ0n) is 17.2. The Bertz CT molecular complexity index is 1190. The lowest BCUT2D eigenvalue weighted by molar-refractivity contribution is 0.306. The van der Waals surface area contributed by atoms with Gasteiger partial charge in [0.05, 0.1) is 18.7 Å². The molecule has 1 aliphatic rings. The van der Waals surface area contributed by atoms with Gasteiger partial charge in [0.1, 0.15) is 11.3 Å². The molecule has 6 nitrogen and oxygen atoms in total. The molecule has 2 aromatic heterocycles. The molecule has 4 aromatic rings. The third-order valence-electron chi connectivity index (χ3n) is 5.80. The van der Waals surface area contributed by atoms with Crippen LogP contribution in [0.2, 0.25) is 0 Å². The van der Waals surface area contributed by atoms with Gasteiger partial charge in [0.15, 0.2) is 0 Å². The first-order chi connectivity index (χ1) is 14.7. The Labute approximate surface area is 175 Å². The summed E-state index contributed by atoms with van der Waals surface area (Å²) in [7, 11) is 1.68. The molecule has 0 amide bonds. The Hall–Kier alpha value is -3.25. The molecule has 0 radical (unpaired) electrons. The van der Waals surface area contributed by atoms with Crippen LogP contribution in [0.4, 0.5) is 0 Å². The number of pyridine rings is 1. The molecule has 1 fully saturated rings. The second kappa shape index (κ2) is 7.88. The summed E-state index contributed by atoms with van der Waals surface area (Å²) in [6, 6.07) is 18.3. The highest BCUT2D eigenvalue weighted by Gasteiger charge is 2.29. The number of para-hydroxylation sites is 1. The predicted molar refractivity (Wildman–Crippen MR) is 115 cm³/mol. The number of benzene rings is 2. The first-order valence-electron chi connectivity index (χ1n) is 10.3. The molecule has 0 bridgehead atoms. The number of fused-ring (bicyclic) bond motifs is 1. The number of likely N-dealkylation sites (tertiary alicyclic amines) is 1. The maximum atomic E-state index is 5.62. The maximum absolute atomic E-state index is 5.62. The van der Waals surface area contributed by atoms with E-state index in [4.69, 9.17) is 19.2 Å². The third-order valence-corrected chi connectivity index (χ3v) is 5.80. The van der Waals surface area contributed by atoms with E-state index in [0.29, 0.717) is 5.82 Å². The molecular weight excluding hydrogens is 376 g/mol. The van der Waals surface area contributed by atoms with E-state index in [1.54, 1.807) is 7.11 Å². The number of aryl methyl sites for hydroxylation is 1. The van der Waals surface area contributed by atoms with Crippen LogP contribution in [-0.4, -0.2) is 40.2 Å². The molecule has 1 atom stereocenters. The number of aromatic nitrogens is 3. The lowest BCUT2D eigenvalue weighted by Gasteiger charge is -2.15. The smallest absolute Gasteiger partial charge is 0.231 e. The fourth-order valence-corrected chi connectivity index (χ4v) is 4.15. The molecule has 30 heavy (non-hydrogen) atoms. The van der Waals surface area contributed by atoms with Crippen molar-refractivity contribution < 1.29 is 9.26 Å². The van der Waals surface area contributed by atoms with Crippen molar-refractivity contribution in [3.63, 3.8) is 0 Å². The summed E-state index contributed by atoms with van der Waals surface area (Å²) in [6.07, 6.45) is 1.01. The van der Waals surface area contributed by atoms with Crippen LogP contribution < -0.4 is 4.74 Å². The quantitative estimate of drug-likeness (QED) is 0.488. The molecule has 2 aromatic carbocycles. The first kappa shape index (κ1) is 18.8. The van der Waals surface area contributed by atoms with Crippen molar-refractivity contribution in [2.75, 3.05) is 20.2 Å². The minimum atomic E-state index is 0.255. The molecule has 152 valence electrons. The monoisotopic (exact) mass is 400 g/mol. The molecule has 6 heteroatoms. The zero-order chi connectivity index (χ0) is 20.5. The fourth-order valence-electron chi connectivity index (χ4n) is 4.15. The first-order valence-corrected chi connectivity index (χ1v) is 10.3. The number of rotatable bonds is 5. The number of ether oxygens (including phenoxy) is 1. The molecular formula is C24H24N4O2.